The Kier molecular flexibility index (Phi) is 3.56. The van der Waals surface area contributed by atoms with Gasteiger partial charge < -0.3 is 5.11 Å². The molecule has 21 heavy (non-hydrogen) atoms. The Morgan fingerprint density at radius 1 is 1.48 bits per heavy atom. The van der Waals surface area contributed by atoms with Crippen LogP contribution in [0, 0.1) is 5.82 Å². The van der Waals surface area contributed by atoms with Crippen LogP contribution in [-0.2, 0) is 16.6 Å². The second-order valence-corrected chi connectivity index (χ2v) is 6.59. The molecule has 1 aromatic carbocycles. The fourth-order valence-corrected chi connectivity index (χ4v) is 3.64. The third-order valence-electron chi connectivity index (χ3n) is 2.85. The van der Waals surface area contributed by atoms with E-state index in [-0.39, 0.29) is 10.6 Å². The Hall–Kier alpha value is -2.06. The Morgan fingerprint density at radius 2 is 2.29 bits per heavy atom. The molecule has 3 aromatic rings. The number of hydrogen-bond donors (Lipinski definition) is 1. The van der Waals surface area contributed by atoms with E-state index < -0.39 is 28.1 Å². The summed E-state index contributed by atoms with van der Waals surface area (Å²) in [5.41, 5.74) is 0.160. The van der Waals surface area contributed by atoms with Crippen LogP contribution in [0.2, 0.25) is 0 Å². The van der Waals surface area contributed by atoms with Crippen molar-refractivity contribution < 1.29 is 18.5 Å². The van der Waals surface area contributed by atoms with Gasteiger partial charge in [0.2, 0.25) is 0 Å². The highest BCUT2D eigenvalue weighted by Crippen LogP contribution is 2.18. The van der Waals surface area contributed by atoms with Gasteiger partial charge in [0, 0.05) is 22.7 Å². The Bertz CT molecular complexity index is 828. The molecule has 5 nitrogen and oxygen atoms in total. The average molecular weight is 324 g/mol. The van der Waals surface area contributed by atoms with E-state index in [9.17, 15) is 13.4 Å². The highest BCUT2D eigenvalue weighted by atomic mass is 32.2. The van der Waals surface area contributed by atoms with E-state index in [1.807, 2.05) is 16.0 Å². The molecule has 1 unspecified atom stereocenters. The number of carbonyl (C=O) groups is 1. The fraction of sp³-hybridized carbons (Fsp3) is 0.0769. The van der Waals surface area contributed by atoms with Gasteiger partial charge in [-0.3, -0.25) is 8.61 Å². The monoisotopic (exact) mass is 324 g/mol. The minimum atomic E-state index is -1.48. The number of aromatic carboxylic acids is 1. The Balaban J connectivity index is 1.86. The summed E-state index contributed by atoms with van der Waals surface area (Å²) >= 11 is 1.46. The molecular formula is C13H9FN2O3S2. The van der Waals surface area contributed by atoms with E-state index in [2.05, 4.69) is 4.98 Å². The zero-order valence-corrected chi connectivity index (χ0v) is 12.2. The second-order valence-electron chi connectivity index (χ2n) is 4.26. The lowest BCUT2D eigenvalue weighted by Crippen LogP contribution is -2.04. The maximum atomic E-state index is 13.3. The predicted molar refractivity (Wildman–Crippen MR) is 76.5 cm³/mol. The normalized spacial score (nSPS) is 12.6. The summed E-state index contributed by atoms with van der Waals surface area (Å²) in [6.07, 6.45) is 3.62. The summed E-state index contributed by atoms with van der Waals surface area (Å²) in [6.45, 7) is 0. The number of benzene rings is 1. The van der Waals surface area contributed by atoms with E-state index >= 15 is 0 Å². The average Bonchev–Trinajstić information content (AvgIpc) is 2.99. The van der Waals surface area contributed by atoms with Gasteiger partial charge in [0.05, 0.1) is 27.8 Å². The topological polar surface area (TPSA) is 71.7 Å². The highest BCUT2D eigenvalue weighted by Gasteiger charge is 2.15. The van der Waals surface area contributed by atoms with Crippen molar-refractivity contribution in [1.29, 1.82) is 0 Å². The predicted octanol–water partition coefficient (Wildman–Crippen LogP) is 2.54. The van der Waals surface area contributed by atoms with Crippen molar-refractivity contribution in [2.75, 3.05) is 0 Å². The quantitative estimate of drug-likeness (QED) is 0.800. The molecule has 0 bridgehead atoms. The molecule has 2 heterocycles. The third kappa shape index (κ3) is 2.72. The molecule has 1 atom stereocenters. The number of carboxylic acid groups (broad SMARTS) is 1. The van der Waals surface area contributed by atoms with Gasteiger partial charge in [-0.2, -0.15) is 0 Å². The van der Waals surface area contributed by atoms with Gasteiger partial charge in [0.1, 0.15) is 5.82 Å². The van der Waals surface area contributed by atoms with Crippen LogP contribution in [0.25, 0.3) is 4.96 Å². The van der Waals surface area contributed by atoms with E-state index in [4.69, 9.17) is 5.11 Å². The van der Waals surface area contributed by atoms with E-state index in [1.54, 1.807) is 6.20 Å². The molecule has 108 valence electrons. The van der Waals surface area contributed by atoms with Crippen molar-refractivity contribution in [3.8, 4) is 0 Å². The van der Waals surface area contributed by atoms with Gasteiger partial charge >= 0.3 is 5.97 Å². The van der Waals surface area contributed by atoms with Crippen LogP contribution in [0.5, 0.6) is 0 Å². The zero-order chi connectivity index (χ0) is 15.0. The molecule has 3 rings (SSSR count). The minimum Gasteiger partial charge on any atom is -0.478 e. The summed E-state index contributed by atoms with van der Waals surface area (Å²) < 4.78 is 27.4. The van der Waals surface area contributed by atoms with Crippen LogP contribution in [0.1, 0.15) is 16.1 Å². The lowest BCUT2D eigenvalue weighted by atomic mass is 10.2. The molecule has 0 saturated heterocycles. The van der Waals surface area contributed by atoms with Crippen LogP contribution < -0.4 is 0 Å². The molecule has 0 aliphatic carbocycles. The largest absolute Gasteiger partial charge is 0.478 e. The molecule has 0 saturated carbocycles. The first-order valence-corrected chi connectivity index (χ1v) is 8.07. The molecule has 2 aromatic heterocycles. The highest BCUT2D eigenvalue weighted by molar-refractivity contribution is 7.84. The fourth-order valence-electron chi connectivity index (χ4n) is 1.87. The van der Waals surface area contributed by atoms with Gasteiger partial charge in [0.15, 0.2) is 4.96 Å². The number of fused-ring (bicyclic) bond motifs is 1. The number of imidazole rings is 1. The van der Waals surface area contributed by atoms with Crippen molar-refractivity contribution in [2.24, 2.45) is 0 Å². The van der Waals surface area contributed by atoms with Crippen molar-refractivity contribution in [3.63, 3.8) is 0 Å². The summed E-state index contributed by atoms with van der Waals surface area (Å²) in [7, 11) is -1.48. The van der Waals surface area contributed by atoms with Crippen molar-refractivity contribution >= 4 is 33.1 Å². The number of rotatable bonds is 4. The number of nitrogens with zero attached hydrogens (tertiary/aromatic N) is 2. The molecular weight excluding hydrogens is 315 g/mol. The van der Waals surface area contributed by atoms with Crippen LogP contribution in [0.4, 0.5) is 4.39 Å². The lowest BCUT2D eigenvalue weighted by Gasteiger charge is -2.03. The third-order valence-corrected chi connectivity index (χ3v) is 4.96. The Labute approximate surface area is 125 Å². The summed E-state index contributed by atoms with van der Waals surface area (Å²) in [6, 6.07) is 3.45. The van der Waals surface area contributed by atoms with Gasteiger partial charge in [-0.15, -0.1) is 11.3 Å². The summed E-state index contributed by atoms with van der Waals surface area (Å²) in [4.78, 5) is 16.3. The van der Waals surface area contributed by atoms with E-state index in [1.165, 1.54) is 17.4 Å². The minimum absolute atomic E-state index is 0.152. The van der Waals surface area contributed by atoms with Gasteiger partial charge in [-0.25, -0.2) is 14.2 Å². The SMILES string of the molecule is O=C(O)c1cc(S(=O)Cc2cn3ccsc3n2)ccc1F. The van der Waals surface area contributed by atoms with E-state index in [0.29, 0.717) is 5.69 Å². The standard InChI is InChI=1S/C13H9FN2O3S2/c14-11-2-1-9(5-10(11)12(17)18)21(19)7-8-6-16-3-4-20-13(16)15-8/h1-6H,7H2,(H,17,18). The molecule has 0 radical (unpaired) electrons. The number of carboxylic acids is 1. The number of aromatic nitrogens is 2. The molecule has 1 N–H and O–H groups in total. The van der Waals surface area contributed by atoms with Crippen LogP contribution in [-0.4, -0.2) is 24.7 Å². The van der Waals surface area contributed by atoms with Crippen LogP contribution in [0.15, 0.2) is 40.9 Å². The van der Waals surface area contributed by atoms with Crippen molar-refractivity contribution in [3.05, 3.63) is 53.0 Å². The molecule has 0 aliphatic heterocycles. The Morgan fingerprint density at radius 3 is 3.00 bits per heavy atom. The summed E-state index contributed by atoms with van der Waals surface area (Å²) in [5.74, 6) is -2.07. The second kappa shape index (κ2) is 5.38. The van der Waals surface area contributed by atoms with E-state index in [0.717, 1.165) is 17.1 Å². The number of thiazole rings is 1. The summed E-state index contributed by atoms with van der Waals surface area (Å²) in [5, 5.41) is 10.8. The maximum Gasteiger partial charge on any atom is 0.338 e. The van der Waals surface area contributed by atoms with Crippen LogP contribution in [0.3, 0.4) is 0 Å². The van der Waals surface area contributed by atoms with Gasteiger partial charge in [-0.1, -0.05) is 0 Å². The lowest BCUT2D eigenvalue weighted by molar-refractivity contribution is 0.0691. The van der Waals surface area contributed by atoms with Gasteiger partial charge in [-0.05, 0) is 18.2 Å². The molecule has 0 amide bonds. The van der Waals surface area contributed by atoms with Gasteiger partial charge in [0.25, 0.3) is 0 Å². The van der Waals surface area contributed by atoms with Crippen molar-refractivity contribution in [2.45, 2.75) is 10.6 Å². The van der Waals surface area contributed by atoms with Crippen molar-refractivity contribution in [1.82, 2.24) is 9.38 Å². The maximum absolute atomic E-state index is 13.3. The van der Waals surface area contributed by atoms with Crippen LogP contribution >= 0.6 is 11.3 Å². The molecule has 0 fully saturated rings. The molecule has 8 heteroatoms. The number of halogens is 1. The number of hydrogen-bond acceptors (Lipinski definition) is 4. The first-order valence-electron chi connectivity index (χ1n) is 5.87. The zero-order valence-electron chi connectivity index (χ0n) is 10.5. The first kappa shape index (κ1) is 13.9. The molecule has 0 aliphatic rings. The smallest absolute Gasteiger partial charge is 0.338 e. The molecule has 0 spiro atoms. The first-order chi connectivity index (χ1) is 10.0.